The van der Waals surface area contributed by atoms with Gasteiger partial charge in [0.1, 0.15) is 17.0 Å². The zero-order chi connectivity index (χ0) is 26.2. The van der Waals surface area contributed by atoms with Crippen LogP contribution in [0.1, 0.15) is 29.5 Å². The van der Waals surface area contributed by atoms with Crippen molar-refractivity contribution in [1.82, 2.24) is 14.5 Å². The van der Waals surface area contributed by atoms with Crippen molar-refractivity contribution in [2.45, 2.75) is 24.5 Å². The Morgan fingerprint density at radius 1 is 0.718 bits per heavy atom. The summed E-state index contributed by atoms with van der Waals surface area (Å²) in [4.78, 5) is 12.1. The van der Waals surface area contributed by atoms with Crippen molar-refractivity contribution in [3.8, 4) is 0 Å². The van der Waals surface area contributed by atoms with Crippen LogP contribution in [-0.2, 0) is 5.54 Å². The highest BCUT2D eigenvalue weighted by Crippen LogP contribution is 2.46. The number of hydrogen-bond donors (Lipinski definition) is 1. The van der Waals surface area contributed by atoms with Gasteiger partial charge in [0, 0.05) is 36.3 Å². The maximum Gasteiger partial charge on any atom is 0.144 e. The predicted molar refractivity (Wildman–Crippen MR) is 157 cm³/mol. The van der Waals surface area contributed by atoms with E-state index in [4.69, 9.17) is 4.98 Å². The molecule has 5 nitrogen and oxygen atoms in total. The van der Waals surface area contributed by atoms with Crippen molar-refractivity contribution >= 4 is 27.8 Å². The molecule has 0 amide bonds. The van der Waals surface area contributed by atoms with Gasteiger partial charge in [-0.3, -0.25) is 4.98 Å². The monoisotopic (exact) mass is 510 g/mol. The fraction of sp³-hybridized carbons (Fsp3) is 0.176. The number of aliphatic hydroxyl groups excluding tert-OH is 1. The normalized spacial score (nSPS) is 16.1. The lowest BCUT2D eigenvalue weighted by molar-refractivity contribution is 0.154. The van der Waals surface area contributed by atoms with E-state index >= 15 is 0 Å². The highest BCUT2D eigenvalue weighted by molar-refractivity contribution is 6.07. The second kappa shape index (κ2) is 9.68. The molecule has 1 aliphatic heterocycles. The molecule has 39 heavy (non-hydrogen) atoms. The van der Waals surface area contributed by atoms with Gasteiger partial charge in [0.25, 0.3) is 0 Å². The summed E-state index contributed by atoms with van der Waals surface area (Å²) in [6, 6.07) is 38.5. The van der Waals surface area contributed by atoms with Gasteiger partial charge in [-0.2, -0.15) is 0 Å². The van der Waals surface area contributed by atoms with Crippen LogP contribution in [0.25, 0.3) is 21.9 Å². The number of aromatic nitrogens is 3. The zero-order valence-electron chi connectivity index (χ0n) is 21.7. The smallest absolute Gasteiger partial charge is 0.144 e. The van der Waals surface area contributed by atoms with Crippen molar-refractivity contribution in [1.29, 1.82) is 0 Å². The van der Waals surface area contributed by atoms with E-state index in [0.29, 0.717) is 6.54 Å². The van der Waals surface area contributed by atoms with Gasteiger partial charge < -0.3 is 14.6 Å². The maximum absolute atomic E-state index is 10.4. The summed E-state index contributed by atoms with van der Waals surface area (Å²) < 4.78 is 2.41. The molecular weight excluding hydrogens is 480 g/mol. The van der Waals surface area contributed by atoms with Crippen molar-refractivity contribution in [3.63, 3.8) is 0 Å². The molecule has 1 aliphatic rings. The lowest BCUT2D eigenvalue weighted by Gasteiger charge is -2.39. The molecule has 0 radical (unpaired) electrons. The number of rotatable bonds is 5. The number of aliphatic hydroxyl groups is 1. The zero-order valence-corrected chi connectivity index (χ0v) is 21.7. The number of benzene rings is 3. The summed E-state index contributed by atoms with van der Waals surface area (Å²) in [6.07, 6.45) is 5.28. The SMILES string of the molecule is O[C@H]1CCCN(c2ccc3c4cnccc4n(C(c4ccccc4)(c4ccccc4)c4ccccc4)c3n2)C1. The number of pyridine rings is 2. The Hall–Kier alpha value is -4.48. The Labute approximate surface area is 228 Å². The van der Waals surface area contributed by atoms with Crippen LogP contribution in [0, 0.1) is 0 Å². The third-order valence-electron chi connectivity index (χ3n) is 8.03. The molecule has 0 bridgehead atoms. The summed E-state index contributed by atoms with van der Waals surface area (Å²) in [5, 5.41) is 12.5. The summed E-state index contributed by atoms with van der Waals surface area (Å²) in [5.41, 5.74) is 4.72. The number of nitrogens with zero attached hydrogens (tertiary/aromatic N) is 4. The third kappa shape index (κ3) is 3.81. The summed E-state index contributed by atoms with van der Waals surface area (Å²) in [6.45, 7) is 1.49. The highest BCUT2D eigenvalue weighted by atomic mass is 16.3. The third-order valence-corrected chi connectivity index (χ3v) is 8.03. The van der Waals surface area contributed by atoms with E-state index in [-0.39, 0.29) is 6.10 Å². The molecule has 0 aliphatic carbocycles. The first-order valence-corrected chi connectivity index (χ1v) is 13.6. The van der Waals surface area contributed by atoms with Gasteiger partial charge in [0.15, 0.2) is 0 Å². The molecule has 0 unspecified atom stereocenters. The van der Waals surface area contributed by atoms with Crippen LogP contribution < -0.4 is 4.90 Å². The average Bonchev–Trinajstić information content (AvgIpc) is 3.33. The molecule has 1 saturated heterocycles. The van der Waals surface area contributed by atoms with Crippen molar-refractivity contribution in [3.05, 3.63) is 138 Å². The lowest BCUT2D eigenvalue weighted by atomic mass is 9.76. The van der Waals surface area contributed by atoms with E-state index in [1.807, 2.05) is 12.4 Å². The molecule has 5 heteroatoms. The number of piperidine rings is 1. The van der Waals surface area contributed by atoms with Crippen LogP contribution in [-0.4, -0.2) is 38.8 Å². The van der Waals surface area contributed by atoms with Crippen LogP contribution in [0.5, 0.6) is 0 Å². The Morgan fingerprint density at radius 3 is 1.92 bits per heavy atom. The van der Waals surface area contributed by atoms with Crippen LogP contribution in [0.4, 0.5) is 5.82 Å². The van der Waals surface area contributed by atoms with Gasteiger partial charge >= 0.3 is 0 Å². The summed E-state index contributed by atoms with van der Waals surface area (Å²) in [5.74, 6) is 0.890. The molecule has 0 saturated carbocycles. The first-order valence-electron chi connectivity index (χ1n) is 13.6. The Morgan fingerprint density at radius 2 is 1.33 bits per heavy atom. The molecular formula is C34H30N4O. The molecule has 1 fully saturated rings. The quantitative estimate of drug-likeness (QED) is 0.273. The van der Waals surface area contributed by atoms with E-state index in [1.54, 1.807) is 0 Å². The van der Waals surface area contributed by atoms with Crippen LogP contribution in [0.2, 0.25) is 0 Å². The molecule has 3 aromatic heterocycles. The van der Waals surface area contributed by atoms with Gasteiger partial charge in [0.2, 0.25) is 0 Å². The molecule has 1 atom stereocenters. The van der Waals surface area contributed by atoms with Crippen LogP contribution >= 0.6 is 0 Å². The van der Waals surface area contributed by atoms with Gasteiger partial charge in [-0.25, -0.2) is 4.98 Å². The predicted octanol–water partition coefficient (Wildman–Crippen LogP) is 6.39. The number of β-amino-alcohol motifs (C(OH)–C–C–N with tert-alkyl or cyclic N) is 1. The fourth-order valence-corrected chi connectivity index (χ4v) is 6.33. The lowest BCUT2D eigenvalue weighted by Crippen LogP contribution is -2.39. The topological polar surface area (TPSA) is 54.2 Å². The molecule has 0 spiro atoms. The average molecular weight is 511 g/mol. The molecule has 192 valence electrons. The van der Waals surface area contributed by atoms with Crippen molar-refractivity contribution < 1.29 is 5.11 Å². The van der Waals surface area contributed by atoms with Gasteiger partial charge in [-0.1, -0.05) is 91.0 Å². The maximum atomic E-state index is 10.4. The van der Waals surface area contributed by atoms with E-state index in [1.165, 1.54) is 0 Å². The Kier molecular flexibility index (Phi) is 5.86. The van der Waals surface area contributed by atoms with Gasteiger partial charge in [-0.05, 0) is 47.7 Å². The largest absolute Gasteiger partial charge is 0.391 e. The first-order chi connectivity index (χ1) is 19.3. The second-order valence-electron chi connectivity index (χ2n) is 10.3. The van der Waals surface area contributed by atoms with E-state index < -0.39 is 5.54 Å². The van der Waals surface area contributed by atoms with Crippen molar-refractivity contribution in [2.75, 3.05) is 18.0 Å². The van der Waals surface area contributed by atoms with E-state index in [0.717, 1.165) is 63.8 Å². The van der Waals surface area contributed by atoms with E-state index in [9.17, 15) is 5.11 Å². The summed E-state index contributed by atoms with van der Waals surface area (Å²) >= 11 is 0. The molecule has 7 rings (SSSR count). The fourth-order valence-electron chi connectivity index (χ4n) is 6.33. The number of anilines is 1. The number of hydrogen-bond acceptors (Lipinski definition) is 4. The Balaban J connectivity index is 1.64. The molecule has 6 aromatic rings. The second-order valence-corrected chi connectivity index (χ2v) is 10.3. The van der Waals surface area contributed by atoms with Crippen LogP contribution in [0.15, 0.2) is 122 Å². The van der Waals surface area contributed by atoms with E-state index in [2.05, 4.69) is 124 Å². The highest BCUT2D eigenvalue weighted by Gasteiger charge is 2.41. The minimum Gasteiger partial charge on any atom is -0.391 e. The van der Waals surface area contributed by atoms with Crippen LogP contribution in [0.3, 0.4) is 0 Å². The standard InChI is InChI=1S/C34H30N4O/c39-28-17-10-22-37(24-28)32-19-18-29-30-23-35-21-20-31(30)38(33(29)36-32)34(25-11-4-1-5-12-25,26-13-6-2-7-14-26)27-15-8-3-9-16-27/h1-9,11-16,18-21,23,28,39H,10,17,22,24H2/t28-/m0/s1. The van der Waals surface area contributed by atoms with Gasteiger partial charge in [0.05, 0.1) is 11.6 Å². The molecule has 3 aromatic carbocycles. The van der Waals surface area contributed by atoms with Gasteiger partial charge in [-0.15, -0.1) is 0 Å². The number of fused-ring (bicyclic) bond motifs is 3. The summed E-state index contributed by atoms with van der Waals surface area (Å²) in [7, 11) is 0. The van der Waals surface area contributed by atoms with Crippen molar-refractivity contribution in [2.24, 2.45) is 0 Å². The molecule has 1 N–H and O–H groups in total. The molecule has 4 heterocycles. The Bertz CT molecular complexity index is 1630. The minimum atomic E-state index is -0.696. The minimum absolute atomic E-state index is 0.330. The first kappa shape index (κ1) is 23.6.